The Hall–Kier alpha value is -20.0. The van der Waals surface area contributed by atoms with E-state index < -0.39 is 0 Å². The molecule has 132 heavy (non-hydrogen) atoms. The highest BCUT2D eigenvalue weighted by Crippen LogP contribution is 2.44. The number of pyridine rings is 3. The summed E-state index contributed by atoms with van der Waals surface area (Å²) in [6, 6.07) is 133. The minimum atomic E-state index is 0.549. The minimum absolute atomic E-state index is 0.549. The number of nitrogens with zero attached hydrogens (tertiary/aromatic N) is 18. The summed E-state index contributed by atoms with van der Waals surface area (Å²) in [4.78, 5) is 14.4. The standard InChI is InChI=1S/3C38H20N6/c39-21-24-5-3-6-27(15-24)28-18-29(20-30(19-28)44-35-9-2-1-7-31(35)32-8-4-14-42-38(32)44)43-36-12-10-25(22-40)16-33(36)34-17-26(23-41)11-13-37(34)43;39-21-24-11-13-36-33(16-24)34-17-25(22-40)12-14-37(34)43(36)28-18-27(30-7-2-1-6-26(30)23-41)19-29(20-28)44-35-10-4-3-8-31(35)32-9-5-15-42-38(32)44;39-21-24-7-11-27(12-8-24)28-18-29(20-30(19-28)44-35-6-2-1-4-31(35)32-5-3-15-42-38(32)44)43-36-13-9-25(22-40)16-33(36)34-17-26(23-41)10-14-37(34)43/h3*1-20H. The molecule has 9 aromatic heterocycles. The smallest absolute Gasteiger partial charge is 0.145 e. The van der Waals surface area contributed by atoms with Crippen LogP contribution in [-0.4, -0.2) is 42.4 Å². The lowest BCUT2D eigenvalue weighted by Gasteiger charge is -2.16. The largest absolute Gasteiger partial charge is 0.309 e. The number of benzene rings is 15. The van der Waals surface area contributed by atoms with E-state index in [0.29, 0.717) is 50.1 Å². The van der Waals surface area contributed by atoms with Crippen LogP contribution in [0.5, 0.6) is 0 Å². The zero-order valence-electron chi connectivity index (χ0n) is 69.7. The van der Waals surface area contributed by atoms with Crippen molar-refractivity contribution in [3.05, 3.63) is 414 Å². The summed E-state index contributed by atoms with van der Waals surface area (Å²) >= 11 is 0. The Kier molecular flexibility index (Phi) is 18.9. The van der Waals surface area contributed by atoms with Crippen LogP contribution in [-0.2, 0) is 0 Å². The minimum Gasteiger partial charge on any atom is -0.309 e. The van der Waals surface area contributed by atoms with Gasteiger partial charge >= 0.3 is 0 Å². The summed E-state index contributed by atoms with van der Waals surface area (Å²) < 4.78 is 13.1. The fourth-order valence-corrected chi connectivity index (χ4v) is 18.9. The summed E-state index contributed by atoms with van der Waals surface area (Å²) in [5.41, 5.74) is 27.2. The second-order valence-corrected chi connectivity index (χ2v) is 32.0. The molecule has 18 nitrogen and oxygen atoms in total. The topological polar surface area (TPSA) is 282 Å². The van der Waals surface area contributed by atoms with E-state index in [-0.39, 0.29) is 0 Å². The van der Waals surface area contributed by atoms with Crippen molar-refractivity contribution in [2.45, 2.75) is 0 Å². The van der Waals surface area contributed by atoms with E-state index in [0.717, 1.165) is 199 Å². The third-order valence-electron chi connectivity index (χ3n) is 24.7. The van der Waals surface area contributed by atoms with Gasteiger partial charge in [0.15, 0.2) is 0 Å². The van der Waals surface area contributed by atoms with Gasteiger partial charge in [-0.3, -0.25) is 13.7 Å². The van der Waals surface area contributed by atoms with Gasteiger partial charge in [0.25, 0.3) is 0 Å². The lowest BCUT2D eigenvalue weighted by molar-refractivity contribution is 1.11. The molecule has 0 saturated carbocycles. The molecular formula is C114H60N18. The van der Waals surface area contributed by atoms with Gasteiger partial charge in [0.2, 0.25) is 0 Å². The number of rotatable bonds is 9. The number of para-hydroxylation sites is 3. The van der Waals surface area contributed by atoms with E-state index in [2.05, 4.69) is 191 Å². The molecular weight excluding hydrogens is 1620 g/mol. The van der Waals surface area contributed by atoms with Crippen LogP contribution in [0.4, 0.5) is 0 Å². The second-order valence-electron chi connectivity index (χ2n) is 32.0. The van der Waals surface area contributed by atoms with Crippen molar-refractivity contribution in [3.8, 4) is 122 Å². The molecule has 24 aromatic rings. The fourth-order valence-electron chi connectivity index (χ4n) is 18.9. The van der Waals surface area contributed by atoms with Crippen molar-refractivity contribution < 1.29 is 0 Å². The van der Waals surface area contributed by atoms with Gasteiger partial charge in [0, 0.05) is 100 Å². The lowest BCUT2D eigenvalue weighted by Crippen LogP contribution is -2.01. The molecule has 0 bridgehead atoms. The van der Waals surface area contributed by atoms with E-state index in [1.807, 2.05) is 243 Å². The Morgan fingerprint density at radius 1 is 0.167 bits per heavy atom. The van der Waals surface area contributed by atoms with Gasteiger partial charge in [-0.2, -0.15) is 47.4 Å². The molecule has 15 aromatic carbocycles. The Labute approximate surface area is 752 Å². The van der Waals surface area contributed by atoms with Gasteiger partial charge in [-0.1, -0.05) is 97.1 Å². The summed E-state index contributed by atoms with van der Waals surface area (Å²) in [6.07, 6.45) is 5.43. The number of nitriles is 9. The molecule has 0 aliphatic rings. The summed E-state index contributed by atoms with van der Waals surface area (Å²) in [5, 5.41) is 99.0. The molecule has 0 atom stereocenters. The van der Waals surface area contributed by atoms with Crippen LogP contribution < -0.4 is 0 Å². The Morgan fingerprint density at radius 2 is 0.439 bits per heavy atom. The summed E-state index contributed by atoms with van der Waals surface area (Å²) in [5.74, 6) is 0. The number of aromatic nitrogens is 9. The van der Waals surface area contributed by atoms with Gasteiger partial charge in [-0.05, 0) is 282 Å². The molecule has 9 heterocycles. The fraction of sp³-hybridized carbons (Fsp3) is 0. The normalized spacial score (nSPS) is 11.1. The highest BCUT2D eigenvalue weighted by molar-refractivity contribution is 6.15. The monoisotopic (exact) mass is 1680 g/mol. The number of hydrogen-bond acceptors (Lipinski definition) is 12. The predicted molar refractivity (Wildman–Crippen MR) is 517 cm³/mol. The molecule has 0 aliphatic heterocycles. The average molecular weight is 1680 g/mol. The Balaban J connectivity index is 0.000000116. The van der Waals surface area contributed by atoms with Crippen LogP contribution in [0.15, 0.2) is 364 Å². The molecule has 18 heteroatoms. The summed E-state index contributed by atoms with van der Waals surface area (Å²) in [7, 11) is 0. The van der Waals surface area contributed by atoms with Crippen molar-refractivity contribution in [1.29, 1.82) is 47.4 Å². The number of hydrogen-bond donors (Lipinski definition) is 0. The van der Waals surface area contributed by atoms with Gasteiger partial charge in [-0.25, -0.2) is 15.0 Å². The molecule has 0 amide bonds. The SMILES string of the molecule is N#Cc1ccc(-c2cc(-n3c4ccc(C#N)cc4c4cc(C#N)ccc43)cc(-n3c4ccccc4c4cccnc43)c2)cc1.N#Cc1ccc2c(c1)c1cc(C#N)ccc1n2-c1cc(-c2ccccc2C#N)cc(-n2c3ccccc3c3cccnc32)c1.N#Cc1cccc(-c2cc(-n3c4ccc(C#N)cc4c4cc(C#N)ccc43)cc(-n3c4ccccc4c4cccnc43)c2)c1. The Bertz CT molecular complexity index is 9140. The van der Waals surface area contributed by atoms with Crippen LogP contribution in [0.3, 0.4) is 0 Å². The van der Waals surface area contributed by atoms with Crippen LogP contribution in [0.25, 0.3) is 199 Å². The zero-order valence-corrected chi connectivity index (χ0v) is 69.7. The molecule has 0 aliphatic carbocycles. The zero-order chi connectivity index (χ0) is 89.4. The van der Waals surface area contributed by atoms with E-state index in [1.165, 1.54) is 0 Å². The first kappa shape index (κ1) is 78.0. The maximum Gasteiger partial charge on any atom is 0.145 e. The number of fused-ring (bicyclic) bond motifs is 18. The van der Waals surface area contributed by atoms with E-state index in [1.54, 1.807) is 12.3 Å². The van der Waals surface area contributed by atoms with Gasteiger partial charge in [-0.15, -0.1) is 0 Å². The lowest BCUT2D eigenvalue weighted by atomic mass is 9.99. The molecule has 0 saturated heterocycles. The van der Waals surface area contributed by atoms with Crippen LogP contribution in [0.1, 0.15) is 50.1 Å². The first-order valence-corrected chi connectivity index (χ1v) is 42.2. The van der Waals surface area contributed by atoms with Gasteiger partial charge in [0.1, 0.15) is 16.9 Å². The average Bonchev–Trinajstić information content (AvgIpc) is 1.58. The van der Waals surface area contributed by atoms with Crippen LogP contribution in [0.2, 0.25) is 0 Å². The van der Waals surface area contributed by atoms with Crippen molar-refractivity contribution >= 4 is 131 Å². The highest BCUT2D eigenvalue weighted by atomic mass is 15.1. The van der Waals surface area contributed by atoms with E-state index >= 15 is 0 Å². The molecule has 0 N–H and O–H groups in total. The second kappa shape index (κ2) is 31.9. The highest BCUT2D eigenvalue weighted by Gasteiger charge is 2.25. The maximum absolute atomic E-state index is 10.0. The predicted octanol–water partition coefficient (Wildman–Crippen LogP) is 25.7. The first-order valence-electron chi connectivity index (χ1n) is 42.2. The van der Waals surface area contributed by atoms with Crippen molar-refractivity contribution in [2.24, 2.45) is 0 Å². The van der Waals surface area contributed by atoms with Crippen molar-refractivity contribution in [3.63, 3.8) is 0 Å². The van der Waals surface area contributed by atoms with Crippen LogP contribution >= 0.6 is 0 Å². The summed E-state index contributed by atoms with van der Waals surface area (Å²) in [6.45, 7) is 0. The van der Waals surface area contributed by atoms with E-state index in [4.69, 9.17) is 15.0 Å². The molecule has 606 valence electrons. The maximum atomic E-state index is 10.0. The molecule has 0 unspecified atom stereocenters. The molecule has 0 spiro atoms. The van der Waals surface area contributed by atoms with Crippen molar-refractivity contribution in [1.82, 2.24) is 42.4 Å². The van der Waals surface area contributed by atoms with Crippen molar-refractivity contribution in [2.75, 3.05) is 0 Å². The van der Waals surface area contributed by atoms with Crippen LogP contribution in [0, 0.1) is 102 Å². The quantitative estimate of drug-likeness (QED) is 0.130. The molecule has 24 rings (SSSR count). The molecule has 0 fully saturated rings. The van der Waals surface area contributed by atoms with E-state index in [9.17, 15) is 47.4 Å². The first-order chi connectivity index (χ1) is 65.0. The third-order valence-corrected chi connectivity index (χ3v) is 24.7. The molecule has 0 radical (unpaired) electrons. The Morgan fingerprint density at radius 3 is 0.773 bits per heavy atom. The van der Waals surface area contributed by atoms with Gasteiger partial charge < -0.3 is 13.7 Å². The third kappa shape index (κ3) is 13.0. The van der Waals surface area contributed by atoms with Gasteiger partial charge in [0.05, 0.1) is 171 Å².